The summed E-state index contributed by atoms with van der Waals surface area (Å²) in [7, 11) is 0. The second-order valence-electron chi connectivity index (χ2n) is 7.13. The molecule has 1 N–H and O–H groups in total. The number of benzene rings is 1. The molecule has 2 bridgehead atoms. The van der Waals surface area contributed by atoms with E-state index in [-0.39, 0.29) is 5.91 Å². The van der Waals surface area contributed by atoms with Gasteiger partial charge in [0.25, 0.3) is 0 Å². The minimum Gasteiger partial charge on any atom is -0.325 e. The summed E-state index contributed by atoms with van der Waals surface area (Å²) in [5, 5.41) is 12.1. The zero-order chi connectivity index (χ0) is 16.2. The van der Waals surface area contributed by atoms with Crippen molar-refractivity contribution in [3.63, 3.8) is 0 Å². The fraction of sp³-hybridized carbons (Fsp3) is 0.579. The lowest BCUT2D eigenvalue weighted by atomic mass is 9.67. The van der Waals surface area contributed by atoms with Crippen molar-refractivity contribution in [2.24, 2.45) is 17.8 Å². The van der Waals surface area contributed by atoms with Crippen molar-refractivity contribution >= 4 is 23.2 Å². The van der Waals surface area contributed by atoms with Crippen LogP contribution in [0.25, 0.3) is 0 Å². The molecule has 0 radical (unpaired) electrons. The number of amides is 1. The van der Waals surface area contributed by atoms with Gasteiger partial charge in [0.15, 0.2) is 0 Å². The number of nitrogens with one attached hydrogen (secondary N) is 1. The average molecular weight is 331 g/mol. The van der Waals surface area contributed by atoms with Crippen molar-refractivity contribution in [1.29, 1.82) is 5.26 Å². The lowest BCUT2D eigenvalue weighted by Gasteiger charge is -2.39. The van der Waals surface area contributed by atoms with Crippen LogP contribution in [0, 0.1) is 29.1 Å². The fourth-order valence-electron chi connectivity index (χ4n) is 4.34. The number of carbonyl (C=O) groups is 1. The predicted molar refractivity (Wildman–Crippen MR) is 92.2 cm³/mol. The Hall–Kier alpha value is -1.53. The number of halogens is 1. The number of rotatable bonds is 4. The first-order chi connectivity index (χ1) is 11.1. The summed E-state index contributed by atoms with van der Waals surface area (Å²) >= 11 is 6.10. The van der Waals surface area contributed by atoms with E-state index < -0.39 is 0 Å². The fourth-order valence-corrected chi connectivity index (χ4v) is 4.57. The summed E-state index contributed by atoms with van der Waals surface area (Å²) in [6.07, 6.45) is 9.75. The zero-order valence-corrected chi connectivity index (χ0v) is 14.1. The molecule has 4 heteroatoms. The standard InChI is InChI=1S/C19H23ClN2O/c20-17-11-16(12-21)4-6-18(17)22-19(23)7-5-15-9-13-2-1-3-14(8-13)10-15/h4,6,11,13-15H,1-3,5,7-10H2,(H,22,23). The Morgan fingerprint density at radius 2 is 2.00 bits per heavy atom. The molecule has 2 aliphatic carbocycles. The molecule has 2 saturated carbocycles. The summed E-state index contributed by atoms with van der Waals surface area (Å²) < 4.78 is 0. The molecule has 1 amide bonds. The van der Waals surface area contributed by atoms with Crippen LogP contribution in [0.2, 0.25) is 5.02 Å². The zero-order valence-electron chi connectivity index (χ0n) is 13.4. The van der Waals surface area contributed by atoms with Crippen molar-refractivity contribution in [3.05, 3.63) is 28.8 Å². The van der Waals surface area contributed by atoms with Gasteiger partial charge in [0.05, 0.1) is 22.3 Å². The maximum Gasteiger partial charge on any atom is 0.224 e. The van der Waals surface area contributed by atoms with Gasteiger partial charge >= 0.3 is 0 Å². The quantitative estimate of drug-likeness (QED) is 0.830. The topological polar surface area (TPSA) is 52.9 Å². The first-order valence-electron chi connectivity index (χ1n) is 8.63. The highest BCUT2D eigenvalue weighted by Gasteiger charge is 2.31. The molecule has 3 nitrogen and oxygen atoms in total. The molecule has 2 unspecified atom stereocenters. The van der Waals surface area contributed by atoms with E-state index in [0.29, 0.717) is 28.6 Å². The second kappa shape index (κ2) is 7.36. The maximum atomic E-state index is 12.2. The third-order valence-electron chi connectivity index (χ3n) is 5.38. The number of nitriles is 1. The molecule has 0 saturated heterocycles. The van der Waals surface area contributed by atoms with E-state index >= 15 is 0 Å². The number of nitrogens with zero attached hydrogens (tertiary/aromatic N) is 1. The lowest BCUT2D eigenvalue weighted by molar-refractivity contribution is -0.116. The van der Waals surface area contributed by atoms with Gasteiger partial charge in [-0.3, -0.25) is 4.79 Å². The molecule has 2 aliphatic rings. The van der Waals surface area contributed by atoms with Gasteiger partial charge < -0.3 is 5.32 Å². The van der Waals surface area contributed by atoms with E-state index in [4.69, 9.17) is 16.9 Å². The highest BCUT2D eigenvalue weighted by atomic mass is 35.5. The van der Waals surface area contributed by atoms with Crippen LogP contribution in [0.3, 0.4) is 0 Å². The van der Waals surface area contributed by atoms with Crippen LogP contribution in [-0.4, -0.2) is 5.91 Å². The molecule has 0 heterocycles. The van der Waals surface area contributed by atoms with Gasteiger partial charge in [-0.05, 0) is 61.6 Å². The van der Waals surface area contributed by atoms with Gasteiger partial charge in [0.2, 0.25) is 5.91 Å². The van der Waals surface area contributed by atoms with Crippen molar-refractivity contribution in [2.75, 3.05) is 5.32 Å². The molecule has 1 aromatic carbocycles. The molecule has 2 fully saturated rings. The SMILES string of the molecule is N#Cc1ccc(NC(=O)CCC2CC3CCCC(C3)C2)c(Cl)c1. The predicted octanol–water partition coefficient (Wildman–Crippen LogP) is 5.15. The Morgan fingerprint density at radius 3 is 2.65 bits per heavy atom. The Labute approximate surface area is 143 Å². The molecule has 23 heavy (non-hydrogen) atoms. The largest absolute Gasteiger partial charge is 0.325 e. The minimum absolute atomic E-state index is 0.0207. The second-order valence-corrected chi connectivity index (χ2v) is 7.54. The highest BCUT2D eigenvalue weighted by Crippen LogP contribution is 2.43. The Balaban J connectivity index is 1.49. The van der Waals surface area contributed by atoms with Gasteiger partial charge in [-0.1, -0.05) is 30.9 Å². The van der Waals surface area contributed by atoms with Gasteiger partial charge in [-0.25, -0.2) is 0 Å². The molecule has 3 rings (SSSR count). The van der Waals surface area contributed by atoms with Gasteiger partial charge in [0, 0.05) is 6.42 Å². The van der Waals surface area contributed by atoms with Crippen LogP contribution in [0.5, 0.6) is 0 Å². The molecule has 0 aliphatic heterocycles. The first kappa shape index (κ1) is 16.3. The number of fused-ring (bicyclic) bond motifs is 2. The van der Waals surface area contributed by atoms with E-state index in [9.17, 15) is 4.79 Å². The Bertz CT molecular complexity index is 610. The molecule has 1 aromatic rings. The van der Waals surface area contributed by atoms with Gasteiger partial charge in [0.1, 0.15) is 0 Å². The van der Waals surface area contributed by atoms with Crippen LogP contribution in [0.4, 0.5) is 5.69 Å². The summed E-state index contributed by atoms with van der Waals surface area (Å²) in [5.74, 6) is 2.54. The van der Waals surface area contributed by atoms with Crippen molar-refractivity contribution in [2.45, 2.75) is 51.4 Å². The molecule has 122 valence electrons. The van der Waals surface area contributed by atoms with E-state index in [1.54, 1.807) is 18.2 Å². The summed E-state index contributed by atoms with van der Waals surface area (Å²) in [5.41, 5.74) is 1.10. The van der Waals surface area contributed by atoms with E-state index in [1.165, 1.54) is 38.5 Å². The highest BCUT2D eigenvalue weighted by molar-refractivity contribution is 6.33. The van der Waals surface area contributed by atoms with Crippen LogP contribution >= 0.6 is 11.6 Å². The smallest absolute Gasteiger partial charge is 0.224 e. The summed E-state index contributed by atoms with van der Waals surface area (Å²) in [4.78, 5) is 12.2. The Morgan fingerprint density at radius 1 is 1.26 bits per heavy atom. The number of anilines is 1. The van der Waals surface area contributed by atoms with Crippen LogP contribution in [0.1, 0.15) is 56.9 Å². The summed E-state index contributed by atoms with van der Waals surface area (Å²) in [6, 6.07) is 6.99. The molecular formula is C19H23ClN2O. The van der Waals surface area contributed by atoms with E-state index in [0.717, 1.165) is 18.3 Å². The molecule has 2 atom stereocenters. The van der Waals surface area contributed by atoms with Crippen molar-refractivity contribution in [1.82, 2.24) is 0 Å². The third kappa shape index (κ3) is 4.26. The number of hydrogen-bond acceptors (Lipinski definition) is 2. The normalized spacial score (nSPS) is 26.3. The summed E-state index contributed by atoms with van der Waals surface area (Å²) in [6.45, 7) is 0. The minimum atomic E-state index is 0.0207. The third-order valence-corrected chi connectivity index (χ3v) is 5.69. The van der Waals surface area contributed by atoms with Gasteiger partial charge in [-0.2, -0.15) is 5.26 Å². The van der Waals surface area contributed by atoms with Crippen LogP contribution in [0.15, 0.2) is 18.2 Å². The van der Waals surface area contributed by atoms with Crippen LogP contribution in [-0.2, 0) is 4.79 Å². The van der Waals surface area contributed by atoms with E-state index in [1.807, 2.05) is 6.07 Å². The lowest BCUT2D eigenvalue weighted by Crippen LogP contribution is -2.27. The van der Waals surface area contributed by atoms with E-state index in [2.05, 4.69) is 5.32 Å². The van der Waals surface area contributed by atoms with Gasteiger partial charge in [-0.15, -0.1) is 0 Å². The van der Waals surface area contributed by atoms with Crippen LogP contribution < -0.4 is 5.32 Å². The average Bonchev–Trinajstić information content (AvgIpc) is 2.54. The number of carbonyl (C=O) groups excluding carboxylic acids is 1. The molecular weight excluding hydrogens is 308 g/mol. The molecule has 0 aromatic heterocycles. The Kier molecular flexibility index (Phi) is 5.23. The maximum absolute atomic E-state index is 12.2. The van der Waals surface area contributed by atoms with Crippen molar-refractivity contribution in [3.8, 4) is 6.07 Å². The van der Waals surface area contributed by atoms with Crippen molar-refractivity contribution < 1.29 is 4.79 Å². The molecule has 0 spiro atoms. The monoisotopic (exact) mass is 330 g/mol. The number of hydrogen-bond donors (Lipinski definition) is 1. The first-order valence-corrected chi connectivity index (χ1v) is 9.01.